The predicted molar refractivity (Wildman–Crippen MR) is 97.2 cm³/mol. The van der Waals surface area contributed by atoms with E-state index in [0.29, 0.717) is 35.9 Å². The molecule has 4 aliphatic rings. The van der Waals surface area contributed by atoms with Crippen LogP contribution in [0.5, 0.6) is 0 Å². The van der Waals surface area contributed by atoms with Crippen LogP contribution in [-0.2, 0) is 19.1 Å². The van der Waals surface area contributed by atoms with Crippen molar-refractivity contribution < 1.29 is 19.1 Å². The van der Waals surface area contributed by atoms with Crippen LogP contribution >= 0.6 is 0 Å². The summed E-state index contributed by atoms with van der Waals surface area (Å²) in [6, 6.07) is 0. The zero-order valence-electron chi connectivity index (χ0n) is 16.3. The zero-order chi connectivity index (χ0) is 18.6. The lowest BCUT2D eigenvalue weighted by Crippen LogP contribution is -2.55. The highest BCUT2D eigenvalue weighted by Gasteiger charge is 2.60. The van der Waals surface area contributed by atoms with Crippen LogP contribution in [0.15, 0.2) is 0 Å². The topological polar surface area (TPSA) is 60.4 Å². The van der Waals surface area contributed by atoms with Gasteiger partial charge in [-0.25, -0.2) is 0 Å². The van der Waals surface area contributed by atoms with Crippen molar-refractivity contribution in [2.45, 2.75) is 78.2 Å². The van der Waals surface area contributed by atoms with E-state index in [1.54, 1.807) is 6.92 Å². The summed E-state index contributed by atoms with van der Waals surface area (Å²) in [5.41, 5.74) is 0.0515. The first-order valence-corrected chi connectivity index (χ1v) is 10.5. The lowest BCUT2D eigenvalue weighted by Gasteiger charge is -2.58. The van der Waals surface area contributed by atoms with Crippen molar-refractivity contribution in [3.05, 3.63) is 0 Å². The van der Waals surface area contributed by atoms with Crippen LogP contribution in [0.3, 0.4) is 0 Å². The predicted octanol–water partition coefficient (Wildman–Crippen LogP) is 3.95. The lowest BCUT2D eigenvalue weighted by molar-refractivity contribution is -0.164. The second-order valence-electron chi connectivity index (χ2n) is 9.72. The highest BCUT2D eigenvalue weighted by Crippen LogP contribution is 2.63. The fourth-order valence-corrected chi connectivity index (χ4v) is 7.48. The van der Waals surface area contributed by atoms with Gasteiger partial charge in [-0.05, 0) is 81.0 Å². The van der Waals surface area contributed by atoms with Gasteiger partial charge in [-0.2, -0.15) is 0 Å². The lowest BCUT2D eigenvalue weighted by atomic mass is 9.46. The average molecular weight is 360 g/mol. The first-order valence-electron chi connectivity index (χ1n) is 10.5. The summed E-state index contributed by atoms with van der Waals surface area (Å²) >= 11 is 0. The van der Waals surface area contributed by atoms with Crippen molar-refractivity contribution in [3.8, 4) is 0 Å². The van der Waals surface area contributed by atoms with E-state index in [4.69, 9.17) is 4.74 Å². The number of fused-ring (bicyclic) bond motifs is 5. The van der Waals surface area contributed by atoms with Gasteiger partial charge in [0, 0.05) is 25.2 Å². The van der Waals surface area contributed by atoms with Gasteiger partial charge in [0.25, 0.3) is 0 Å². The summed E-state index contributed by atoms with van der Waals surface area (Å²) in [7, 11) is 0. The van der Waals surface area contributed by atoms with E-state index in [9.17, 15) is 14.4 Å². The van der Waals surface area contributed by atoms with Gasteiger partial charge in [-0.15, -0.1) is 0 Å². The van der Waals surface area contributed by atoms with E-state index < -0.39 is 0 Å². The fourth-order valence-electron chi connectivity index (χ4n) is 7.48. The highest BCUT2D eigenvalue weighted by molar-refractivity contribution is 5.86. The minimum absolute atomic E-state index is 0.0298. The molecule has 4 saturated carbocycles. The number of hydrogen-bond donors (Lipinski definition) is 0. The number of ketones is 2. The molecule has 0 amide bonds. The Morgan fingerprint density at radius 2 is 1.73 bits per heavy atom. The second-order valence-corrected chi connectivity index (χ2v) is 9.72. The third kappa shape index (κ3) is 2.75. The molecule has 8 atom stereocenters. The molecule has 4 nitrogen and oxygen atoms in total. The van der Waals surface area contributed by atoms with Gasteiger partial charge in [0.05, 0.1) is 0 Å². The number of Topliss-reactive ketones (excluding diaryl/α,β-unsaturated/α-hetero) is 2. The smallest absolute Gasteiger partial charge is 0.302 e. The maximum Gasteiger partial charge on any atom is 0.302 e. The molecule has 0 radical (unpaired) electrons. The molecule has 0 aliphatic heterocycles. The van der Waals surface area contributed by atoms with E-state index in [0.717, 1.165) is 44.9 Å². The molecule has 0 bridgehead atoms. The van der Waals surface area contributed by atoms with E-state index in [1.807, 2.05) is 0 Å². The third-order valence-electron chi connectivity index (χ3n) is 8.54. The van der Waals surface area contributed by atoms with E-state index in [2.05, 4.69) is 6.92 Å². The molecule has 4 aliphatic carbocycles. The average Bonchev–Trinajstić information content (AvgIpc) is 2.98. The zero-order valence-corrected chi connectivity index (χ0v) is 16.3. The van der Waals surface area contributed by atoms with Crippen molar-refractivity contribution in [2.24, 2.45) is 40.9 Å². The first-order chi connectivity index (χ1) is 12.3. The summed E-state index contributed by atoms with van der Waals surface area (Å²) in [6.45, 7) is 5.52. The maximum absolute atomic E-state index is 13.3. The molecule has 0 N–H and O–H groups in total. The molecule has 4 rings (SSSR count). The summed E-state index contributed by atoms with van der Waals surface area (Å²) < 4.78 is 5.50. The normalized spacial score (nSPS) is 47.5. The van der Waals surface area contributed by atoms with E-state index in [1.165, 1.54) is 6.92 Å². The number of rotatable bonds is 2. The number of carbonyl (C=O) groups excluding carboxylic acids is 3. The molecule has 0 unspecified atom stereocenters. The third-order valence-corrected chi connectivity index (χ3v) is 8.54. The Labute approximate surface area is 156 Å². The van der Waals surface area contributed by atoms with Gasteiger partial charge in [0.1, 0.15) is 17.7 Å². The van der Waals surface area contributed by atoms with Gasteiger partial charge in [-0.3, -0.25) is 14.4 Å². The number of carbonyl (C=O) groups is 3. The largest absolute Gasteiger partial charge is 0.463 e. The van der Waals surface area contributed by atoms with Crippen LogP contribution in [-0.4, -0.2) is 23.6 Å². The van der Waals surface area contributed by atoms with E-state index >= 15 is 0 Å². The van der Waals surface area contributed by atoms with Crippen LogP contribution in [0.1, 0.15) is 72.1 Å². The minimum Gasteiger partial charge on any atom is -0.463 e. The Kier molecular flexibility index (Phi) is 4.51. The maximum atomic E-state index is 13.3. The fraction of sp³-hybridized carbons (Fsp3) is 0.864. The summed E-state index contributed by atoms with van der Waals surface area (Å²) in [4.78, 5) is 36.6. The van der Waals surface area contributed by atoms with Gasteiger partial charge >= 0.3 is 5.97 Å². The van der Waals surface area contributed by atoms with Crippen LogP contribution in [0.25, 0.3) is 0 Å². The minimum atomic E-state index is -0.190. The molecular weight excluding hydrogens is 328 g/mol. The molecule has 0 heterocycles. The van der Waals surface area contributed by atoms with Crippen molar-refractivity contribution in [1.29, 1.82) is 0 Å². The molecule has 0 spiro atoms. The second kappa shape index (κ2) is 6.45. The molecule has 4 heteroatoms. The van der Waals surface area contributed by atoms with Crippen molar-refractivity contribution >= 4 is 17.5 Å². The van der Waals surface area contributed by atoms with Gasteiger partial charge < -0.3 is 4.74 Å². The van der Waals surface area contributed by atoms with Crippen LogP contribution < -0.4 is 0 Å². The Morgan fingerprint density at radius 1 is 1.00 bits per heavy atom. The summed E-state index contributed by atoms with van der Waals surface area (Å²) in [6.07, 6.45) is 7.77. The van der Waals surface area contributed by atoms with Crippen molar-refractivity contribution in [2.75, 3.05) is 0 Å². The number of esters is 1. The number of ether oxygens (including phenoxy) is 1. The Bertz CT molecular complexity index is 626. The molecule has 0 aromatic rings. The monoisotopic (exact) mass is 360 g/mol. The van der Waals surface area contributed by atoms with Gasteiger partial charge in [-0.1, -0.05) is 6.92 Å². The van der Waals surface area contributed by atoms with E-state index in [-0.39, 0.29) is 35.1 Å². The molecule has 4 fully saturated rings. The molecule has 144 valence electrons. The SMILES string of the molecule is CC(=O)O[C@H]1CC[C@]2(C)[C@@H](CC[C@H]3[C@H]4CC[C@H](C(C)=O)[C@H]4CC(=O)[C@@H]32)C1. The van der Waals surface area contributed by atoms with Gasteiger partial charge in [0.2, 0.25) is 0 Å². The van der Waals surface area contributed by atoms with Crippen LogP contribution in [0, 0.1) is 40.9 Å². The molecule has 0 aromatic carbocycles. The molecular formula is C22H32O4. The molecule has 26 heavy (non-hydrogen) atoms. The van der Waals surface area contributed by atoms with Crippen molar-refractivity contribution in [3.63, 3.8) is 0 Å². The Hall–Kier alpha value is -1.19. The summed E-state index contributed by atoms with van der Waals surface area (Å²) in [5, 5.41) is 0. The first kappa shape index (κ1) is 18.2. The standard InChI is InChI=1S/C22H32O4/c1-12(23)16-6-7-17-18-5-4-14-10-15(26-13(2)24)8-9-22(14,3)21(18)20(25)11-19(16)17/h14-19,21H,4-11H2,1-3H3/t14-,15-,16+,17+,18-,19+,21+,22+/m0/s1. The van der Waals surface area contributed by atoms with Gasteiger partial charge in [0.15, 0.2) is 0 Å². The van der Waals surface area contributed by atoms with Crippen LogP contribution in [0.4, 0.5) is 0 Å². The Morgan fingerprint density at radius 3 is 2.42 bits per heavy atom. The Balaban J connectivity index is 1.56. The quantitative estimate of drug-likeness (QED) is 0.700. The number of hydrogen-bond acceptors (Lipinski definition) is 4. The highest BCUT2D eigenvalue weighted by atomic mass is 16.5. The molecule has 0 aromatic heterocycles. The van der Waals surface area contributed by atoms with Crippen LogP contribution in [0.2, 0.25) is 0 Å². The summed E-state index contributed by atoms with van der Waals surface area (Å²) in [5.74, 6) is 2.61. The van der Waals surface area contributed by atoms with Crippen molar-refractivity contribution in [1.82, 2.24) is 0 Å². The molecule has 0 saturated heterocycles.